The number of hydrazone groups is 1. The summed E-state index contributed by atoms with van der Waals surface area (Å²) in [6.45, 7) is 10.2. The second-order valence-corrected chi connectivity index (χ2v) is 8.03. The Morgan fingerprint density at radius 1 is 1.15 bits per heavy atom. The lowest BCUT2D eigenvalue weighted by molar-refractivity contribution is 0.111. The van der Waals surface area contributed by atoms with Crippen LogP contribution in [-0.4, -0.2) is 21.5 Å². The molecule has 0 unspecified atom stereocenters. The third kappa shape index (κ3) is 4.39. The van der Waals surface area contributed by atoms with Crippen molar-refractivity contribution in [3.05, 3.63) is 52.6 Å². The maximum absolute atomic E-state index is 9.82. The first kappa shape index (κ1) is 19.2. The fraction of sp³-hybridized carbons (Fsp3) is 0.333. The van der Waals surface area contributed by atoms with Crippen LogP contribution in [0.5, 0.6) is 11.5 Å². The molecule has 0 radical (unpaired) electrons. The largest absolute Gasteiger partial charge is 0.508 e. The third-order valence-corrected chi connectivity index (χ3v) is 4.65. The lowest BCUT2D eigenvalue weighted by atomic mass is 9.92. The van der Waals surface area contributed by atoms with Crippen molar-refractivity contribution in [1.29, 1.82) is 0 Å². The summed E-state index contributed by atoms with van der Waals surface area (Å²) >= 11 is 5.43. The van der Waals surface area contributed by atoms with E-state index in [1.165, 1.54) is 5.56 Å². The summed E-state index contributed by atoms with van der Waals surface area (Å²) in [5.41, 5.74) is 8.59. The van der Waals surface area contributed by atoms with Gasteiger partial charge in [0, 0.05) is 17.7 Å². The molecule has 0 saturated heterocycles. The molecule has 1 aliphatic heterocycles. The predicted octanol–water partition coefficient (Wildman–Crippen LogP) is 4.57. The van der Waals surface area contributed by atoms with Crippen molar-refractivity contribution in [2.45, 2.75) is 46.6 Å². The highest BCUT2D eigenvalue weighted by Gasteiger charge is 2.31. The molecule has 142 valence electrons. The van der Waals surface area contributed by atoms with Gasteiger partial charge in [0.15, 0.2) is 5.11 Å². The van der Waals surface area contributed by atoms with Gasteiger partial charge in [-0.1, -0.05) is 17.7 Å². The Balaban J connectivity index is 1.82. The zero-order valence-corrected chi connectivity index (χ0v) is 17.1. The number of anilines is 1. The van der Waals surface area contributed by atoms with Gasteiger partial charge in [-0.2, -0.15) is 5.10 Å². The van der Waals surface area contributed by atoms with Gasteiger partial charge in [-0.05, 0) is 76.2 Å². The van der Waals surface area contributed by atoms with Gasteiger partial charge in [-0.15, -0.1) is 0 Å². The molecule has 1 aliphatic rings. The van der Waals surface area contributed by atoms with E-state index in [2.05, 4.69) is 48.7 Å². The number of fused-ring (bicyclic) bond motifs is 1. The summed E-state index contributed by atoms with van der Waals surface area (Å²) in [7, 11) is 0. The first-order valence-electron chi connectivity index (χ1n) is 8.88. The van der Waals surface area contributed by atoms with Crippen LogP contribution in [-0.2, 0) is 0 Å². The van der Waals surface area contributed by atoms with Crippen molar-refractivity contribution < 1.29 is 9.84 Å². The van der Waals surface area contributed by atoms with Gasteiger partial charge in [0.2, 0.25) is 0 Å². The van der Waals surface area contributed by atoms with Crippen LogP contribution in [0.25, 0.3) is 0 Å². The lowest BCUT2D eigenvalue weighted by Crippen LogP contribution is -2.37. The predicted molar refractivity (Wildman–Crippen MR) is 114 cm³/mol. The minimum Gasteiger partial charge on any atom is -0.508 e. The van der Waals surface area contributed by atoms with Crippen molar-refractivity contribution in [2.75, 3.05) is 5.32 Å². The minimum absolute atomic E-state index is 0.177. The van der Waals surface area contributed by atoms with Crippen LogP contribution in [0, 0.1) is 20.8 Å². The maximum atomic E-state index is 9.82. The Morgan fingerprint density at radius 2 is 1.81 bits per heavy atom. The van der Waals surface area contributed by atoms with E-state index in [1.54, 1.807) is 18.2 Å². The number of benzene rings is 2. The Kier molecular flexibility index (Phi) is 5.11. The van der Waals surface area contributed by atoms with Crippen LogP contribution in [0.1, 0.15) is 42.5 Å². The highest BCUT2D eigenvalue weighted by Crippen LogP contribution is 2.35. The normalized spacial score (nSPS) is 16.4. The zero-order valence-electron chi connectivity index (χ0n) is 16.3. The molecule has 3 rings (SSSR count). The van der Waals surface area contributed by atoms with Gasteiger partial charge in [0.1, 0.15) is 17.1 Å². The molecule has 5 nitrogen and oxygen atoms in total. The second kappa shape index (κ2) is 7.19. The third-order valence-electron chi connectivity index (χ3n) is 4.46. The van der Waals surface area contributed by atoms with E-state index in [0.717, 1.165) is 28.1 Å². The van der Waals surface area contributed by atoms with Crippen molar-refractivity contribution in [3.63, 3.8) is 0 Å². The number of hydrogen-bond donors (Lipinski definition) is 3. The number of ether oxygens (including phenoxy) is 1. The van der Waals surface area contributed by atoms with E-state index < -0.39 is 0 Å². The van der Waals surface area contributed by atoms with Crippen molar-refractivity contribution in [1.82, 2.24) is 5.43 Å². The van der Waals surface area contributed by atoms with Gasteiger partial charge in [0.05, 0.1) is 5.71 Å². The quantitative estimate of drug-likeness (QED) is 0.524. The molecule has 0 aromatic heterocycles. The molecular formula is C21H25N3O2S. The van der Waals surface area contributed by atoms with Gasteiger partial charge >= 0.3 is 0 Å². The average molecular weight is 384 g/mol. The SMILES string of the molecule is Cc1cc(C)c(NC(=S)N/N=C2\CC(C)(C)Oc3ccc(O)cc32)c(C)c1. The van der Waals surface area contributed by atoms with Gasteiger partial charge in [-0.3, -0.25) is 5.43 Å². The van der Waals surface area contributed by atoms with E-state index in [9.17, 15) is 5.11 Å². The fourth-order valence-electron chi connectivity index (χ4n) is 3.40. The highest BCUT2D eigenvalue weighted by atomic mass is 32.1. The number of nitrogens with zero attached hydrogens (tertiary/aromatic N) is 1. The molecule has 0 aliphatic carbocycles. The van der Waals surface area contributed by atoms with Gasteiger partial charge in [-0.25, -0.2) is 0 Å². The first-order chi connectivity index (χ1) is 12.6. The van der Waals surface area contributed by atoms with Crippen LogP contribution < -0.4 is 15.5 Å². The van der Waals surface area contributed by atoms with Crippen LogP contribution in [0.15, 0.2) is 35.4 Å². The molecular weight excluding hydrogens is 358 g/mol. The van der Waals surface area contributed by atoms with Crippen LogP contribution in [0.4, 0.5) is 5.69 Å². The van der Waals surface area contributed by atoms with Crippen molar-refractivity contribution in [3.8, 4) is 11.5 Å². The van der Waals surface area contributed by atoms with Crippen LogP contribution in [0.2, 0.25) is 0 Å². The van der Waals surface area contributed by atoms with Crippen LogP contribution in [0.3, 0.4) is 0 Å². The van der Waals surface area contributed by atoms with Gasteiger partial charge < -0.3 is 15.2 Å². The van der Waals surface area contributed by atoms with Gasteiger partial charge in [0.25, 0.3) is 0 Å². The smallest absolute Gasteiger partial charge is 0.191 e. The Hall–Kier alpha value is -2.60. The van der Waals surface area contributed by atoms with Crippen molar-refractivity contribution in [2.24, 2.45) is 5.10 Å². The van der Waals surface area contributed by atoms with E-state index in [-0.39, 0.29) is 11.4 Å². The Bertz CT molecular complexity index is 912. The molecule has 3 N–H and O–H groups in total. The molecule has 2 aromatic rings. The number of aromatic hydroxyl groups is 1. The van der Waals surface area contributed by atoms with E-state index >= 15 is 0 Å². The topological polar surface area (TPSA) is 65.9 Å². The summed E-state index contributed by atoms with van der Waals surface area (Å²) < 4.78 is 5.98. The Morgan fingerprint density at radius 3 is 2.48 bits per heavy atom. The number of nitrogens with one attached hydrogen (secondary N) is 2. The summed E-state index contributed by atoms with van der Waals surface area (Å²) in [5, 5.41) is 18.0. The summed E-state index contributed by atoms with van der Waals surface area (Å²) in [4.78, 5) is 0. The number of phenols is 1. The van der Waals surface area contributed by atoms with E-state index in [0.29, 0.717) is 17.3 Å². The fourth-order valence-corrected chi connectivity index (χ4v) is 3.55. The van der Waals surface area contributed by atoms with Crippen LogP contribution >= 0.6 is 12.2 Å². The molecule has 0 amide bonds. The van der Waals surface area contributed by atoms with E-state index in [1.807, 2.05) is 13.8 Å². The average Bonchev–Trinajstić information content (AvgIpc) is 2.56. The lowest BCUT2D eigenvalue weighted by Gasteiger charge is -2.33. The Labute approximate surface area is 165 Å². The molecule has 27 heavy (non-hydrogen) atoms. The summed E-state index contributed by atoms with van der Waals surface area (Å²) in [5.74, 6) is 0.880. The molecule has 0 fully saturated rings. The van der Waals surface area contributed by atoms with E-state index in [4.69, 9.17) is 17.0 Å². The minimum atomic E-state index is -0.385. The number of thiocarbonyl (C=S) groups is 1. The molecule has 0 atom stereocenters. The number of phenolic OH excluding ortho intramolecular Hbond substituents is 1. The molecule has 0 saturated carbocycles. The zero-order chi connectivity index (χ0) is 19.8. The molecule has 0 spiro atoms. The number of rotatable bonds is 2. The monoisotopic (exact) mass is 383 g/mol. The molecule has 2 aromatic carbocycles. The highest BCUT2D eigenvalue weighted by molar-refractivity contribution is 7.80. The number of aryl methyl sites for hydroxylation is 3. The molecule has 1 heterocycles. The summed E-state index contributed by atoms with van der Waals surface area (Å²) in [6, 6.07) is 9.26. The van der Waals surface area contributed by atoms with Crippen molar-refractivity contribution >= 4 is 28.7 Å². The number of hydrogen-bond acceptors (Lipinski definition) is 4. The molecule has 0 bridgehead atoms. The maximum Gasteiger partial charge on any atom is 0.191 e. The standard InChI is InChI=1S/C21H25N3O2S/c1-12-8-13(2)19(14(3)9-12)22-20(27)24-23-17-11-21(4,5)26-18-7-6-15(25)10-16(17)18/h6-10,25H,11H2,1-5H3,(H2,22,24,27)/b23-17+. The summed E-state index contributed by atoms with van der Waals surface area (Å²) in [6.07, 6.45) is 0.599. The molecule has 6 heteroatoms. The first-order valence-corrected chi connectivity index (χ1v) is 9.29. The second-order valence-electron chi connectivity index (χ2n) is 7.62.